The molecule has 12 heavy (non-hydrogen) atoms. The standard InChI is InChI=1S/C8H15N3O/c1-6-7(4-11(3)10-6)8(2,12)5-9/h4,12H,5,9H2,1-3H3. The topological polar surface area (TPSA) is 64.1 Å². The van der Waals surface area contributed by atoms with Crippen molar-refractivity contribution in [2.24, 2.45) is 12.8 Å². The Morgan fingerprint density at radius 3 is 2.67 bits per heavy atom. The predicted octanol–water partition coefficient (Wildman–Crippen LogP) is -0.105. The van der Waals surface area contributed by atoms with Gasteiger partial charge in [0.15, 0.2) is 0 Å². The number of rotatable bonds is 2. The summed E-state index contributed by atoms with van der Waals surface area (Å²) in [6, 6.07) is 0. The van der Waals surface area contributed by atoms with Gasteiger partial charge in [0.25, 0.3) is 0 Å². The van der Waals surface area contributed by atoms with E-state index in [1.807, 2.05) is 14.0 Å². The van der Waals surface area contributed by atoms with Gasteiger partial charge in [-0.15, -0.1) is 0 Å². The summed E-state index contributed by atoms with van der Waals surface area (Å²) in [5, 5.41) is 13.9. The maximum Gasteiger partial charge on any atom is 0.102 e. The molecule has 0 amide bonds. The lowest BCUT2D eigenvalue weighted by atomic mass is 9.97. The Labute approximate surface area is 72.0 Å². The van der Waals surface area contributed by atoms with Gasteiger partial charge in [-0.05, 0) is 13.8 Å². The van der Waals surface area contributed by atoms with Crippen LogP contribution in [-0.4, -0.2) is 21.4 Å². The third-order valence-electron chi connectivity index (χ3n) is 1.99. The molecule has 4 nitrogen and oxygen atoms in total. The van der Waals surface area contributed by atoms with E-state index >= 15 is 0 Å². The molecule has 0 saturated heterocycles. The Balaban J connectivity index is 3.09. The first-order valence-electron chi connectivity index (χ1n) is 3.90. The van der Waals surface area contributed by atoms with Crippen LogP contribution in [0.15, 0.2) is 6.20 Å². The summed E-state index contributed by atoms with van der Waals surface area (Å²) in [5.41, 5.74) is 6.09. The maximum absolute atomic E-state index is 9.81. The Kier molecular flexibility index (Phi) is 2.21. The third kappa shape index (κ3) is 1.49. The summed E-state index contributed by atoms with van der Waals surface area (Å²) in [6.07, 6.45) is 1.79. The number of aryl methyl sites for hydroxylation is 2. The predicted molar refractivity (Wildman–Crippen MR) is 46.6 cm³/mol. The molecule has 1 aromatic rings. The molecule has 1 atom stereocenters. The molecule has 4 heteroatoms. The second-order valence-corrected chi connectivity index (χ2v) is 3.28. The highest BCUT2D eigenvalue weighted by Crippen LogP contribution is 2.21. The quantitative estimate of drug-likeness (QED) is 0.649. The SMILES string of the molecule is Cc1nn(C)cc1C(C)(O)CN. The van der Waals surface area contributed by atoms with Crippen molar-refractivity contribution < 1.29 is 5.11 Å². The van der Waals surface area contributed by atoms with E-state index in [0.29, 0.717) is 0 Å². The van der Waals surface area contributed by atoms with Crippen molar-refractivity contribution in [2.75, 3.05) is 6.54 Å². The number of nitrogens with zero attached hydrogens (tertiary/aromatic N) is 2. The van der Waals surface area contributed by atoms with Crippen LogP contribution in [0, 0.1) is 6.92 Å². The molecule has 0 spiro atoms. The summed E-state index contributed by atoms with van der Waals surface area (Å²) in [7, 11) is 1.82. The summed E-state index contributed by atoms with van der Waals surface area (Å²) < 4.78 is 1.68. The fourth-order valence-electron chi connectivity index (χ4n) is 1.24. The van der Waals surface area contributed by atoms with Crippen LogP contribution in [0.25, 0.3) is 0 Å². The normalized spacial score (nSPS) is 16.1. The van der Waals surface area contributed by atoms with E-state index in [1.54, 1.807) is 17.8 Å². The minimum atomic E-state index is -0.960. The molecule has 0 aliphatic carbocycles. The first kappa shape index (κ1) is 9.22. The van der Waals surface area contributed by atoms with Gasteiger partial charge >= 0.3 is 0 Å². The second-order valence-electron chi connectivity index (χ2n) is 3.28. The van der Waals surface area contributed by atoms with Gasteiger partial charge in [0, 0.05) is 25.4 Å². The van der Waals surface area contributed by atoms with Gasteiger partial charge in [-0.1, -0.05) is 0 Å². The number of aromatic nitrogens is 2. The van der Waals surface area contributed by atoms with Gasteiger partial charge in [0.2, 0.25) is 0 Å². The first-order chi connectivity index (χ1) is 5.47. The molecule has 0 bridgehead atoms. The Morgan fingerprint density at radius 2 is 2.33 bits per heavy atom. The summed E-state index contributed by atoms with van der Waals surface area (Å²) in [4.78, 5) is 0. The zero-order valence-corrected chi connectivity index (χ0v) is 7.70. The van der Waals surface area contributed by atoms with Gasteiger partial charge in [0.05, 0.1) is 5.69 Å². The lowest BCUT2D eigenvalue weighted by Gasteiger charge is -2.19. The molecule has 1 heterocycles. The van der Waals surface area contributed by atoms with Gasteiger partial charge in [-0.25, -0.2) is 0 Å². The van der Waals surface area contributed by atoms with Crippen molar-refractivity contribution in [2.45, 2.75) is 19.4 Å². The summed E-state index contributed by atoms with van der Waals surface area (Å²) in [5.74, 6) is 0. The van der Waals surface area contributed by atoms with Crippen LogP contribution in [0.4, 0.5) is 0 Å². The number of nitrogens with two attached hydrogens (primary N) is 1. The average molecular weight is 169 g/mol. The van der Waals surface area contributed by atoms with Crippen molar-refractivity contribution in [3.8, 4) is 0 Å². The molecule has 0 fully saturated rings. The highest BCUT2D eigenvalue weighted by Gasteiger charge is 2.24. The first-order valence-corrected chi connectivity index (χ1v) is 3.90. The molecule has 1 aromatic heterocycles. The summed E-state index contributed by atoms with van der Waals surface area (Å²) >= 11 is 0. The molecule has 0 aliphatic rings. The van der Waals surface area contributed by atoms with Crippen LogP contribution in [-0.2, 0) is 12.6 Å². The second kappa shape index (κ2) is 2.88. The third-order valence-corrected chi connectivity index (χ3v) is 1.99. The van der Waals surface area contributed by atoms with Crippen molar-refractivity contribution in [1.29, 1.82) is 0 Å². The van der Waals surface area contributed by atoms with Gasteiger partial charge in [-0.3, -0.25) is 4.68 Å². The Hall–Kier alpha value is -0.870. The number of hydrogen-bond donors (Lipinski definition) is 2. The molecule has 1 unspecified atom stereocenters. The van der Waals surface area contributed by atoms with E-state index in [2.05, 4.69) is 5.10 Å². The van der Waals surface area contributed by atoms with Crippen LogP contribution in [0.1, 0.15) is 18.2 Å². The van der Waals surface area contributed by atoms with E-state index < -0.39 is 5.60 Å². The molecular weight excluding hydrogens is 154 g/mol. The lowest BCUT2D eigenvalue weighted by Crippen LogP contribution is -2.31. The Morgan fingerprint density at radius 1 is 1.75 bits per heavy atom. The minimum absolute atomic E-state index is 0.208. The van der Waals surface area contributed by atoms with E-state index in [0.717, 1.165) is 11.3 Å². The van der Waals surface area contributed by atoms with Crippen molar-refractivity contribution in [1.82, 2.24) is 9.78 Å². The largest absolute Gasteiger partial charge is 0.384 e. The minimum Gasteiger partial charge on any atom is -0.384 e. The van der Waals surface area contributed by atoms with Crippen LogP contribution < -0.4 is 5.73 Å². The van der Waals surface area contributed by atoms with Crippen LogP contribution in [0.3, 0.4) is 0 Å². The molecular formula is C8H15N3O. The number of aliphatic hydroxyl groups is 1. The molecule has 0 radical (unpaired) electrons. The molecule has 68 valence electrons. The molecule has 0 saturated carbocycles. The van der Waals surface area contributed by atoms with Gasteiger partial charge in [0.1, 0.15) is 5.60 Å². The molecule has 0 aromatic carbocycles. The van der Waals surface area contributed by atoms with Gasteiger partial charge < -0.3 is 10.8 Å². The highest BCUT2D eigenvalue weighted by atomic mass is 16.3. The molecule has 3 N–H and O–H groups in total. The fraction of sp³-hybridized carbons (Fsp3) is 0.625. The van der Waals surface area contributed by atoms with Crippen molar-refractivity contribution in [3.05, 3.63) is 17.5 Å². The van der Waals surface area contributed by atoms with Crippen molar-refractivity contribution in [3.63, 3.8) is 0 Å². The highest BCUT2D eigenvalue weighted by molar-refractivity contribution is 5.23. The van der Waals surface area contributed by atoms with E-state index in [1.165, 1.54) is 0 Å². The smallest absolute Gasteiger partial charge is 0.102 e. The molecule has 1 rings (SSSR count). The van der Waals surface area contributed by atoms with Crippen LogP contribution >= 0.6 is 0 Å². The lowest BCUT2D eigenvalue weighted by molar-refractivity contribution is 0.0661. The van der Waals surface area contributed by atoms with Crippen LogP contribution in [0.2, 0.25) is 0 Å². The van der Waals surface area contributed by atoms with E-state index in [4.69, 9.17) is 5.73 Å². The number of hydrogen-bond acceptors (Lipinski definition) is 3. The van der Waals surface area contributed by atoms with Crippen molar-refractivity contribution >= 4 is 0 Å². The van der Waals surface area contributed by atoms with E-state index in [9.17, 15) is 5.11 Å². The fourth-order valence-corrected chi connectivity index (χ4v) is 1.24. The van der Waals surface area contributed by atoms with Crippen LogP contribution in [0.5, 0.6) is 0 Å². The zero-order chi connectivity index (χ0) is 9.35. The average Bonchev–Trinajstić information content (AvgIpc) is 2.31. The van der Waals surface area contributed by atoms with E-state index in [-0.39, 0.29) is 6.54 Å². The Bertz CT molecular complexity index is 278. The molecule has 0 aliphatic heterocycles. The maximum atomic E-state index is 9.81. The summed E-state index contributed by atoms with van der Waals surface area (Å²) in [6.45, 7) is 3.76. The van der Waals surface area contributed by atoms with Gasteiger partial charge in [-0.2, -0.15) is 5.10 Å². The monoisotopic (exact) mass is 169 g/mol. The zero-order valence-electron chi connectivity index (χ0n) is 7.70.